The minimum atomic E-state index is -0.725. The Balaban J connectivity index is 0.000000185. The van der Waals surface area contributed by atoms with Crippen LogP contribution >= 0.6 is 0 Å². The second-order valence-corrected chi connectivity index (χ2v) is 39.2. The van der Waals surface area contributed by atoms with E-state index in [1.165, 1.54) is 55.4 Å². The molecule has 4 heterocycles. The second-order valence-electron chi connectivity index (χ2n) is 39.2. The van der Waals surface area contributed by atoms with E-state index in [1.54, 1.807) is 59.7 Å². The summed E-state index contributed by atoms with van der Waals surface area (Å²) in [6, 6.07) is 32.0. The van der Waals surface area contributed by atoms with Crippen LogP contribution in [0.15, 0.2) is 155 Å². The minimum Gasteiger partial charge on any atom is -0.393 e. The summed E-state index contributed by atoms with van der Waals surface area (Å²) in [5.74, 6) is 5.03. The first-order valence-electron chi connectivity index (χ1n) is 45.4. The topological polar surface area (TPSA) is 223 Å². The molecule has 4 aromatic carbocycles. The predicted molar refractivity (Wildman–Crippen MR) is 458 cm³/mol. The first-order chi connectivity index (χ1) is 56.5. The number of Topliss-reactive ketones (excluding diaryl/α,β-unsaturated/α-hetero) is 5. The average molecular weight is 1600 g/mol. The van der Waals surface area contributed by atoms with Gasteiger partial charge in [-0.25, -0.2) is 0 Å². The highest BCUT2D eigenvalue weighted by atomic mass is 16.5. The van der Waals surface area contributed by atoms with Gasteiger partial charge in [0.15, 0.2) is 23.1 Å². The number of piperidine rings is 2. The molecule has 16 nitrogen and oxygen atoms in total. The van der Waals surface area contributed by atoms with Crippen LogP contribution in [0.25, 0.3) is 0 Å². The fourth-order valence-electron chi connectivity index (χ4n) is 25.7. The highest BCUT2D eigenvalue weighted by Crippen LogP contribution is 2.68. The summed E-state index contributed by atoms with van der Waals surface area (Å²) in [4.78, 5) is 121. The lowest BCUT2D eigenvalue weighted by Crippen LogP contribution is -2.52. The molecule has 630 valence electrons. The van der Waals surface area contributed by atoms with E-state index in [0.717, 1.165) is 114 Å². The smallest absolute Gasteiger partial charge is 0.221 e. The van der Waals surface area contributed by atoms with E-state index >= 15 is 0 Å². The lowest BCUT2D eigenvalue weighted by Gasteiger charge is -2.49. The van der Waals surface area contributed by atoms with Crippen LogP contribution in [-0.4, -0.2) is 147 Å². The van der Waals surface area contributed by atoms with Crippen molar-refractivity contribution in [1.82, 2.24) is 20.4 Å². The van der Waals surface area contributed by atoms with Crippen LogP contribution in [0.5, 0.6) is 0 Å². The van der Waals surface area contributed by atoms with Gasteiger partial charge in [-0.15, -0.1) is 0 Å². The number of aliphatic hydroxyl groups is 1. The van der Waals surface area contributed by atoms with Crippen molar-refractivity contribution < 1.29 is 57.7 Å². The van der Waals surface area contributed by atoms with Crippen LogP contribution in [0.2, 0.25) is 0 Å². The zero-order valence-corrected chi connectivity index (χ0v) is 71.9. The van der Waals surface area contributed by atoms with Gasteiger partial charge >= 0.3 is 0 Å². The second kappa shape index (κ2) is 35.4. The van der Waals surface area contributed by atoms with Crippen LogP contribution in [0, 0.1) is 70.0 Å². The average Bonchev–Trinajstić information content (AvgIpc) is 1.54. The summed E-state index contributed by atoms with van der Waals surface area (Å²) >= 11 is 0. The molecule has 118 heavy (non-hydrogen) atoms. The molecule has 4 saturated carbocycles. The van der Waals surface area contributed by atoms with Crippen molar-refractivity contribution in [2.75, 3.05) is 26.2 Å². The van der Waals surface area contributed by atoms with E-state index < -0.39 is 12.1 Å². The van der Waals surface area contributed by atoms with Crippen molar-refractivity contribution in [3.05, 3.63) is 188 Å². The summed E-state index contributed by atoms with van der Waals surface area (Å²) in [7, 11) is 0. The van der Waals surface area contributed by atoms with Gasteiger partial charge in [-0.05, 0) is 237 Å². The monoisotopic (exact) mass is 1600 g/mol. The Morgan fingerprint density at radius 1 is 0.508 bits per heavy atom. The fraction of sp³-hybridized carbons (Fsp3) is 0.598. The Kier molecular flexibility index (Phi) is 25.6. The molecule has 0 aromatic heterocycles. The molecule has 2 amide bonds. The standard InChI is InChI=1S/C51H66N2O6.C51H64N2O6/c2*1-31-26-46-48(34(4)51(59-46)24-22-40-41-19-18-38-28-39(55)21-23-50(38,5)43(41)29-42(40)33(51)3)53(30-31)25-9-12-45(56)44(52-47(57)20-13-32(2)54)27-35-14-16-37(17-15-35)49(58)36-10-7-6-8-11-36/h6-8,10-11,14-18,31,34,39-41,43-44,46,48,55H,9,12-13,19-30H2,1-5H3,(H,52,57);6-8,10-11,14-18,31,34,40-41,43-44,46,48H,9,12-13,19-30H2,1-5H3,(H,52,57)/t31-,34+,39-,40-,41-,43?,44-,46+,48-,50-,51-;31-,34+,40-,41-,43?,44-,46+,48-,50-,51-/m00/s1. The summed E-state index contributed by atoms with van der Waals surface area (Å²) < 4.78 is 14.8. The maximum Gasteiger partial charge on any atom is 0.221 e. The van der Waals surface area contributed by atoms with Gasteiger partial charge in [-0.3, -0.25) is 43.4 Å². The van der Waals surface area contributed by atoms with E-state index in [9.17, 15) is 48.3 Å². The highest BCUT2D eigenvalue weighted by Gasteiger charge is 2.64. The maximum absolute atomic E-state index is 14.0. The third-order valence-electron chi connectivity index (χ3n) is 32.0. The van der Waals surface area contributed by atoms with E-state index in [-0.39, 0.29) is 119 Å². The van der Waals surface area contributed by atoms with Crippen molar-refractivity contribution in [3.8, 4) is 0 Å². The van der Waals surface area contributed by atoms with Gasteiger partial charge in [0.1, 0.15) is 17.3 Å². The van der Waals surface area contributed by atoms with Gasteiger partial charge in [0.2, 0.25) is 11.8 Å². The number of hydrogen-bond donors (Lipinski definition) is 3. The first-order valence-corrected chi connectivity index (χ1v) is 45.4. The van der Waals surface area contributed by atoms with Gasteiger partial charge in [0.05, 0.1) is 41.6 Å². The first kappa shape index (κ1) is 85.3. The number of benzene rings is 4. The number of carbonyl (C=O) groups excluding carboxylic acids is 9. The molecule has 2 unspecified atom stereocenters. The van der Waals surface area contributed by atoms with Gasteiger partial charge < -0.3 is 34.8 Å². The van der Waals surface area contributed by atoms with Gasteiger partial charge in [0, 0.05) is 111 Å². The molecule has 21 atom stereocenters. The number of carbonyl (C=O) groups is 9. The molecule has 8 aliphatic carbocycles. The number of aliphatic hydroxyl groups excluding tert-OH is 1. The third kappa shape index (κ3) is 17.1. The quantitative estimate of drug-likeness (QED) is 0.0393. The molecule has 12 aliphatic rings. The van der Waals surface area contributed by atoms with E-state index in [0.29, 0.717) is 138 Å². The van der Waals surface area contributed by atoms with Crippen LogP contribution in [0.1, 0.15) is 266 Å². The molecular weight excluding hydrogens is 1470 g/mol. The molecule has 3 N–H and O–H groups in total. The summed E-state index contributed by atoms with van der Waals surface area (Å²) in [6.07, 6.45) is 24.5. The molecule has 4 aromatic rings. The molecule has 2 spiro atoms. The Bertz CT molecular complexity index is 4600. The number of rotatable bonds is 26. The molecular formula is C102H130N4O12. The Morgan fingerprint density at radius 2 is 0.924 bits per heavy atom. The third-order valence-corrected chi connectivity index (χ3v) is 32.0. The van der Waals surface area contributed by atoms with Crippen LogP contribution in [0.3, 0.4) is 0 Å². The zero-order chi connectivity index (χ0) is 83.3. The normalized spacial score (nSPS) is 33.7. The van der Waals surface area contributed by atoms with Crippen LogP contribution < -0.4 is 10.6 Å². The van der Waals surface area contributed by atoms with Crippen LogP contribution in [-0.2, 0) is 55.9 Å². The SMILES string of the molecule is CC(=O)CCC(=O)N[C@@H](Cc1ccc(C(=O)c2ccccc2)cc1)C(=O)CCCN1C[C@@H](C)C[C@H]2O[C@]3(CC[C@@H]4C(=C3C)CC3[C@H]4CC=C4CC(=O)CC[C@@]43C)[C@H](C)[C@@H]21.CC(=O)CCC(=O)N[C@@H](Cc1ccc(C(=O)c2ccccc2)cc1)C(=O)CCCN1C[C@@H](C)C[C@H]2O[C@]3(CC[C@@H]4C(=C3C)CC3[C@H]4CC=C4C[C@@H](O)CC[C@@]43C)[C@H](C)[C@@H]21. The molecule has 16 heteroatoms. The number of ether oxygens (including phenoxy) is 2. The van der Waals surface area contributed by atoms with Gasteiger partial charge in [0.25, 0.3) is 0 Å². The van der Waals surface area contributed by atoms with Crippen LogP contribution in [0.4, 0.5) is 0 Å². The minimum absolute atomic E-state index is 0.0140. The number of allylic oxidation sites excluding steroid dienone is 5. The number of nitrogens with one attached hydrogen (secondary N) is 2. The van der Waals surface area contributed by atoms with Gasteiger partial charge in [-0.2, -0.15) is 0 Å². The van der Waals surface area contributed by atoms with E-state index in [2.05, 4.69) is 88.0 Å². The van der Waals surface area contributed by atoms with Crippen molar-refractivity contribution in [2.24, 2.45) is 70.0 Å². The number of likely N-dealkylation sites (tertiary alicyclic amines) is 2. The van der Waals surface area contributed by atoms with Crippen molar-refractivity contribution in [1.29, 1.82) is 0 Å². The lowest BCUT2D eigenvalue weighted by molar-refractivity contribution is -0.129. The van der Waals surface area contributed by atoms with Crippen molar-refractivity contribution >= 4 is 52.3 Å². The molecule has 16 rings (SSSR count). The summed E-state index contributed by atoms with van der Waals surface area (Å²) in [5.41, 5.74) is 13.2. The molecule has 0 radical (unpaired) electrons. The number of nitrogens with zero attached hydrogens (tertiary/aromatic N) is 2. The molecule has 0 bridgehead atoms. The zero-order valence-electron chi connectivity index (χ0n) is 71.9. The molecule has 4 saturated heterocycles. The number of fused-ring (bicyclic) bond motifs is 12. The number of hydrogen-bond acceptors (Lipinski definition) is 14. The van der Waals surface area contributed by atoms with E-state index in [4.69, 9.17) is 9.47 Å². The number of ketones is 7. The summed E-state index contributed by atoms with van der Waals surface area (Å²) in [6.45, 7) is 25.7. The lowest BCUT2D eigenvalue weighted by atomic mass is 9.56. The summed E-state index contributed by atoms with van der Waals surface area (Å²) in [5, 5.41) is 16.4. The number of amides is 2. The van der Waals surface area contributed by atoms with Crippen molar-refractivity contribution in [3.63, 3.8) is 0 Å². The van der Waals surface area contributed by atoms with Crippen molar-refractivity contribution in [2.45, 2.75) is 290 Å². The maximum atomic E-state index is 14.0. The Morgan fingerprint density at radius 3 is 1.36 bits per heavy atom. The Hall–Kier alpha value is -7.73. The molecule has 4 aliphatic heterocycles. The highest BCUT2D eigenvalue weighted by molar-refractivity contribution is 6.09. The Labute approximate surface area is 700 Å². The largest absolute Gasteiger partial charge is 0.393 e. The molecule has 8 fully saturated rings. The fourth-order valence-corrected chi connectivity index (χ4v) is 25.7. The van der Waals surface area contributed by atoms with E-state index in [1.807, 2.05) is 60.7 Å². The predicted octanol–water partition coefficient (Wildman–Crippen LogP) is 17.0. The van der Waals surface area contributed by atoms with Gasteiger partial charge in [-0.1, -0.05) is 185 Å².